The molecule has 1 aromatic rings. The molecule has 2 N–H and O–H groups in total. The molecular formula is C20H24ClN3O7. The van der Waals surface area contributed by atoms with E-state index in [0.29, 0.717) is 19.4 Å². The number of carbonyl (C=O) groups is 3. The molecule has 1 aromatic carbocycles. The minimum atomic E-state index is -0.765. The zero-order valence-corrected chi connectivity index (χ0v) is 17.7. The summed E-state index contributed by atoms with van der Waals surface area (Å²) in [5.74, 6) is -1.44. The van der Waals surface area contributed by atoms with Crippen LogP contribution in [-0.4, -0.2) is 53.6 Å². The third-order valence-electron chi connectivity index (χ3n) is 5.21. The van der Waals surface area contributed by atoms with Gasteiger partial charge in [-0.05, 0) is 31.9 Å². The topological polar surface area (TPSA) is 137 Å². The Hall–Kier alpha value is -2.98. The minimum Gasteiger partial charge on any atom is -0.463 e. The van der Waals surface area contributed by atoms with E-state index in [2.05, 4.69) is 17.2 Å². The summed E-state index contributed by atoms with van der Waals surface area (Å²) in [6, 6.07) is 4.53. The first-order chi connectivity index (χ1) is 14.3. The summed E-state index contributed by atoms with van der Waals surface area (Å²) in [7, 11) is 0. The number of nitro groups is 1. The molecule has 1 amide bonds. The number of amides is 1. The van der Waals surface area contributed by atoms with E-state index in [-0.39, 0.29) is 48.2 Å². The summed E-state index contributed by atoms with van der Waals surface area (Å²) >= 11 is 0. The predicted octanol–water partition coefficient (Wildman–Crippen LogP) is 1.67. The molecule has 3 rings (SSSR count). The molecule has 31 heavy (non-hydrogen) atoms. The third-order valence-corrected chi connectivity index (χ3v) is 5.21. The van der Waals surface area contributed by atoms with Gasteiger partial charge in [0.15, 0.2) is 0 Å². The molecule has 0 spiro atoms. The second-order valence-electron chi connectivity index (χ2n) is 7.30. The standard InChI is InChI=1S/C20H23N3O7.ClH/c1-3-29-18(25)12(2)20(8-9-20)22-17(24)16-10-15(11-21-16)30-19(26)13-4-6-14(7-5-13)23(27)28;/h4-7,15-16,21H,2-3,8-11H2,1H3,(H,22,24);1H/t15-,16+;/m1./s1. The van der Waals surface area contributed by atoms with Gasteiger partial charge in [0.25, 0.3) is 5.69 Å². The van der Waals surface area contributed by atoms with Crippen molar-refractivity contribution in [3.63, 3.8) is 0 Å². The van der Waals surface area contributed by atoms with Gasteiger partial charge in [0, 0.05) is 25.1 Å². The first-order valence-electron chi connectivity index (χ1n) is 9.63. The van der Waals surface area contributed by atoms with E-state index in [9.17, 15) is 24.5 Å². The first kappa shape index (κ1) is 24.3. The summed E-state index contributed by atoms with van der Waals surface area (Å²) < 4.78 is 10.4. The van der Waals surface area contributed by atoms with Gasteiger partial charge in [-0.1, -0.05) is 6.58 Å². The molecule has 1 aliphatic carbocycles. The Morgan fingerprint density at radius 3 is 2.48 bits per heavy atom. The number of non-ortho nitro benzene ring substituents is 1. The molecule has 0 bridgehead atoms. The largest absolute Gasteiger partial charge is 0.463 e. The number of halogens is 1. The van der Waals surface area contributed by atoms with Gasteiger partial charge in [0.1, 0.15) is 6.10 Å². The fourth-order valence-corrected chi connectivity index (χ4v) is 3.30. The van der Waals surface area contributed by atoms with Gasteiger partial charge in [-0.3, -0.25) is 14.9 Å². The molecular weight excluding hydrogens is 430 g/mol. The van der Waals surface area contributed by atoms with E-state index in [1.165, 1.54) is 24.3 Å². The van der Waals surface area contributed by atoms with Crippen molar-refractivity contribution in [2.45, 2.75) is 43.9 Å². The Balaban J connectivity index is 0.00000341. The van der Waals surface area contributed by atoms with Crippen LogP contribution in [0.25, 0.3) is 0 Å². The maximum Gasteiger partial charge on any atom is 0.338 e. The van der Waals surface area contributed by atoms with E-state index in [4.69, 9.17) is 9.47 Å². The fourth-order valence-electron chi connectivity index (χ4n) is 3.30. The van der Waals surface area contributed by atoms with Gasteiger partial charge in [-0.25, -0.2) is 9.59 Å². The Kier molecular flexibility index (Phi) is 7.75. The van der Waals surface area contributed by atoms with Crippen LogP contribution < -0.4 is 10.6 Å². The van der Waals surface area contributed by atoms with Gasteiger partial charge in [-0.15, -0.1) is 12.4 Å². The average Bonchev–Trinajstić information content (AvgIpc) is 3.35. The molecule has 0 aromatic heterocycles. The van der Waals surface area contributed by atoms with Crippen molar-refractivity contribution < 1.29 is 28.8 Å². The van der Waals surface area contributed by atoms with Gasteiger partial charge in [0.05, 0.1) is 34.2 Å². The Morgan fingerprint density at radius 1 is 1.29 bits per heavy atom. The number of hydrogen-bond donors (Lipinski definition) is 2. The summed E-state index contributed by atoms with van der Waals surface area (Å²) in [6.45, 7) is 5.99. The zero-order valence-electron chi connectivity index (χ0n) is 16.9. The number of nitro benzene ring substituents is 1. The van der Waals surface area contributed by atoms with Crippen LogP contribution in [0.4, 0.5) is 5.69 Å². The lowest BCUT2D eigenvalue weighted by molar-refractivity contribution is -0.384. The molecule has 168 valence electrons. The average molecular weight is 454 g/mol. The monoisotopic (exact) mass is 453 g/mol. The zero-order chi connectivity index (χ0) is 21.9. The van der Waals surface area contributed by atoms with Crippen LogP contribution in [0.15, 0.2) is 36.4 Å². The second-order valence-corrected chi connectivity index (χ2v) is 7.30. The highest BCUT2D eigenvalue weighted by Gasteiger charge is 2.50. The van der Waals surface area contributed by atoms with Crippen LogP contribution in [0.5, 0.6) is 0 Å². The van der Waals surface area contributed by atoms with Crippen molar-refractivity contribution in [2.75, 3.05) is 13.2 Å². The van der Waals surface area contributed by atoms with Gasteiger partial charge in [0.2, 0.25) is 5.91 Å². The lowest BCUT2D eigenvalue weighted by Crippen LogP contribution is -2.48. The predicted molar refractivity (Wildman–Crippen MR) is 112 cm³/mol. The number of esters is 2. The van der Waals surface area contributed by atoms with Crippen molar-refractivity contribution in [3.8, 4) is 0 Å². The van der Waals surface area contributed by atoms with Crippen LogP contribution in [0.1, 0.15) is 36.5 Å². The third kappa shape index (κ3) is 5.59. The SMILES string of the molecule is C=C(C(=O)OCC)C1(NC(=O)[C@@H]2C[C@@H](OC(=O)c3ccc([N+](=O)[O-])cc3)CN2)CC1.Cl. The highest BCUT2D eigenvalue weighted by Crippen LogP contribution is 2.42. The molecule has 2 aliphatic rings. The van der Waals surface area contributed by atoms with Gasteiger partial charge in [-0.2, -0.15) is 0 Å². The van der Waals surface area contributed by atoms with E-state index in [1.54, 1.807) is 6.92 Å². The highest BCUT2D eigenvalue weighted by atomic mass is 35.5. The highest BCUT2D eigenvalue weighted by molar-refractivity contribution is 5.94. The molecule has 0 radical (unpaired) electrons. The molecule has 1 saturated heterocycles. The van der Waals surface area contributed by atoms with E-state index >= 15 is 0 Å². The van der Waals surface area contributed by atoms with Crippen LogP contribution in [-0.2, 0) is 19.1 Å². The van der Waals surface area contributed by atoms with E-state index in [0.717, 1.165) is 0 Å². The lowest BCUT2D eigenvalue weighted by Gasteiger charge is -2.21. The van der Waals surface area contributed by atoms with Crippen molar-refractivity contribution in [2.24, 2.45) is 0 Å². The van der Waals surface area contributed by atoms with Crippen molar-refractivity contribution >= 4 is 35.9 Å². The first-order valence-corrected chi connectivity index (χ1v) is 9.63. The molecule has 1 saturated carbocycles. The number of ether oxygens (including phenoxy) is 2. The molecule has 2 atom stereocenters. The molecule has 11 heteroatoms. The summed E-state index contributed by atoms with van der Waals surface area (Å²) in [5, 5.41) is 16.6. The normalized spacial score (nSPS) is 20.7. The number of hydrogen-bond acceptors (Lipinski definition) is 8. The molecule has 10 nitrogen and oxygen atoms in total. The number of nitrogens with one attached hydrogen (secondary N) is 2. The van der Waals surface area contributed by atoms with Crippen molar-refractivity contribution in [3.05, 3.63) is 52.1 Å². The van der Waals surface area contributed by atoms with Gasteiger partial charge >= 0.3 is 11.9 Å². The molecule has 0 unspecified atom stereocenters. The molecule has 2 fully saturated rings. The van der Waals surface area contributed by atoms with Crippen molar-refractivity contribution in [1.29, 1.82) is 0 Å². The fraction of sp³-hybridized carbons (Fsp3) is 0.450. The van der Waals surface area contributed by atoms with Crippen LogP contribution in [0.3, 0.4) is 0 Å². The Morgan fingerprint density at radius 2 is 1.94 bits per heavy atom. The smallest absolute Gasteiger partial charge is 0.338 e. The van der Waals surface area contributed by atoms with Crippen LogP contribution >= 0.6 is 12.4 Å². The van der Waals surface area contributed by atoms with Gasteiger partial charge < -0.3 is 20.1 Å². The summed E-state index contributed by atoms with van der Waals surface area (Å²) in [4.78, 5) is 46.9. The molecule has 1 heterocycles. The quantitative estimate of drug-likeness (QED) is 0.262. The lowest BCUT2D eigenvalue weighted by atomic mass is 10.1. The van der Waals surface area contributed by atoms with E-state index in [1.807, 2.05) is 0 Å². The van der Waals surface area contributed by atoms with Crippen molar-refractivity contribution in [1.82, 2.24) is 10.6 Å². The van der Waals surface area contributed by atoms with Crippen LogP contribution in [0, 0.1) is 10.1 Å². The second kappa shape index (κ2) is 9.88. The number of benzene rings is 1. The maximum absolute atomic E-state index is 12.6. The summed E-state index contributed by atoms with van der Waals surface area (Å²) in [5.41, 5.74) is -0.462. The van der Waals surface area contributed by atoms with E-state index < -0.39 is 34.5 Å². The minimum absolute atomic E-state index is 0. The van der Waals surface area contributed by atoms with Crippen LogP contribution in [0.2, 0.25) is 0 Å². The number of carbonyl (C=O) groups excluding carboxylic acids is 3. The summed E-state index contributed by atoms with van der Waals surface area (Å²) in [6.07, 6.45) is 0.974. The Labute approximate surface area is 184 Å². The maximum atomic E-state index is 12.6. The Bertz CT molecular complexity index is 883. The number of rotatable bonds is 8. The molecule has 1 aliphatic heterocycles. The number of nitrogens with zero attached hydrogens (tertiary/aromatic N) is 1.